The normalized spacial score (nSPS) is 23.7. The lowest BCUT2D eigenvalue weighted by Gasteiger charge is -2.28. The summed E-state index contributed by atoms with van der Waals surface area (Å²) in [5, 5.41) is 10.2. The van der Waals surface area contributed by atoms with Crippen molar-refractivity contribution >= 4 is 28.4 Å². The topological polar surface area (TPSA) is 82.6 Å². The number of rotatable bonds is 3. The van der Waals surface area contributed by atoms with E-state index in [2.05, 4.69) is 17.1 Å². The minimum Gasteiger partial charge on any atom is -0.479 e. The van der Waals surface area contributed by atoms with Crippen LogP contribution in [0.4, 0.5) is 0 Å². The van der Waals surface area contributed by atoms with Gasteiger partial charge in [0.1, 0.15) is 6.10 Å². The first-order chi connectivity index (χ1) is 12.1. The van der Waals surface area contributed by atoms with E-state index in [4.69, 9.17) is 9.84 Å². The van der Waals surface area contributed by atoms with Gasteiger partial charge in [0, 0.05) is 35.8 Å². The standard InChI is InChI=1S/C19H20N2O4/c22-18(16-5-6-17(25-16)19(23)24)21-9-7-12(8-10-21)14-11-20-15-4-2-1-3-13(14)15/h1-4,7,11,16-17,20H,5-6,8-10H2,(H,23,24)/t16-,17+/m0/s1. The Morgan fingerprint density at radius 2 is 2.00 bits per heavy atom. The molecule has 2 aromatic rings. The third kappa shape index (κ3) is 2.93. The Morgan fingerprint density at radius 3 is 2.72 bits per heavy atom. The summed E-state index contributed by atoms with van der Waals surface area (Å²) in [5.74, 6) is -1.09. The number of hydrogen-bond acceptors (Lipinski definition) is 3. The van der Waals surface area contributed by atoms with E-state index in [1.165, 1.54) is 16.5 Å². The van der Waals surface area contributed by atoms with Gasteiger partial charge in [-0.05, 0) is 30.9 Å². The molecule has 1 fully saturated rings. The number of aliphatic carboxylic acids is 1. The van der Waals surface area contributed by atoms with Gasteiger partial charge < -0.3 is 19.7 Å². The molecule has 2 N–H and O–H groups in total. The molecule has 0 radical (unpaired) electrons. The van der Waals surface area contributed by atoms with Gasteiger partial charge in [-0.3, -0.25) is 4.79 Å². The molecule has 0 unspecified atom stereocenters. The second-order valence-electron chi connectivity index (χ2n) is 6.54. The van der Waals surface area contributed by atoms with E-state index >= 15 is 0 Å². The molecule has 6 nitrogen and oxygen atoms in total. The fourth-order valence-corrected chi connectivity index (χ4v) is 3.66. The Kier molecular flexibility index (Phi) is 4.05. The third-order valence-corrected chi connectivity index (χ3v) is 5.03. The van der Waals surface area contributed by atoms with Crippen molar-refractivity contribution < 1.29 is 19.4 Å². The lowest BCUT2D eigenvalue weighted by atomic mass is 9.98. The van der Waals surface area contributed by atoms with E-state index in [0.717, 1.165) is 11.9 Å². The summed E-state index contributed by atoms with van der Waals surface area (Å²) in [6.07, 6.45) is 4.29. The molecule has 6 heteroatoms. The number of carboxylic acid groups (broad SMARTS) is 1. The second-order valence-corrected chi connectivity index (χ2v) is 6.54. The molecule has 130 valence electrons. The number of fused-ring (bicyclic) bond motifs is 1. The molecule has 0 aliphatic carbocycles. The summed E-state index contributed by atoms with van der Waals surface area (Å²) in [7, 11) is 0. The quantitative estimate of drug-likeness (QED) is 0.899. The molecule has 2 atom stereocenters. The Hall–Kier alpha value is -2.60. The van der Waals surface area contributed by atoms with Gasteiger partial charge in [0.25, 0.3) is 5.91 Å². The smallest absolute Gasteiger partial charge is 0.332 e. The zero-order valence-electron chi connectivity index (χ0n) is 13.8. The van der Waals surface area contributed by atoms with Crippen LogP contribution in [0.15, 0.2) is 36.5 Å². The van der Waals surface area contributed by atoms with Crippen molar-refractivity contribution in [2.45, 2.75) is 31.5 Å². The number of nitrogens with one attached hydrogen (secondary N) is 1. The molecule has 4 rings (SSSR count). The molecule has 0 bridgehead atoms. The predicted octanol–water partition coefficient (Wildman–Crippen LogP) is 2.42. The van der Waals surface area contributed by atoms with Crippen molar-refractivity contribution in [1.29, 1.82) is 0 Å². The fraction of sp³-hybridized carbons (Fsp3) is 0.368. The number of nitrogens with zero attached hydrogens (tertiary/aromatic N) is 1. The van der Waals surface area contributed by atoms with Gasteiger partial charge in [-0.15, -0.1) is 0 Å². The highest BCUT2D eigenvalue weighted by atomic mass is 16.5. The molecule has 1 aromatic heterocycles. The Labute approximate surface area is 145 Å². The van der Waals surface area contributed by atoms with E-state index in [1.54, 1.807) is 4.90 Å². The van der Waals surface area contributed by atoms with Crippen LogP contribution >= 0.6 is 0 Å². The summed E-state index contributed by atoms with van der Waals surface area (Å²) in [5.41, 5.74) is 3.53. The highest BCUT2D eigenvalue weighted by Crippen LogP contribution is 2.30. The van der Waals surface area contributed by atoms with Crippen molar-refractivity contribution in [2.75, 3.05) is 13.1 Å². The number of carbonyl (C=O) groups excluding carboxylic acids is 1. The maximum absolute atomic E-state index is 12.5. The van der Waals surface area contributed by atoms with Crippen molar-refractivity contribution in [2.24, 2.45) is 0 Å². The van der Waals surface area contributed by atoms with Crippen molar-refractivity contribution in [3.63, 3.8) is 0 Å². The van der Waals surface area contributed by atoms with Crippen molar-refractivity contribution in [3.05, 3.63) is 42.1 Å². The number of carboxylic acids is 1. The lowest BCUT2D eigenvalue weighted by molar-refractivity contribution is -0.154. The maximum Gasteiger partial charge on any atom is 0.332 e. The van der Waals surface area contributed by atoms with Crippen LogP contribution in [0.5, 0.6) is 0 Å². The van der Waals surface area contributed by atoms with E-state index in [-0.39, 0.29) is 5.91 Å². The zero-order valence-corrected chi connectivity index (χ0v) is 13.8. The molecule has 2 aliphatic rings. The van der Waals surface area contributed by atoms with Crippen LogP contribution in [0.25, 0.3) is 16.5 Å². The monoisotopic (exact) mass is 340 g/mol. The first-order valence-corrected chi connectivity index (χ1v) is 8.56. The van der Waals surface area contributed by atoms with E-state index in [9.17, 15) is 9.59 Å². The Bertz CT molecular complexity index is 854. The Balaban J connectivity index is 1.45. The third-order valence-electron chi connectivity index (χ3n) is 5.03. The zero-order chi connectivity index (χ0) is 17.4. The van der Waals surface area contributed by atoms with Gasteiger partial charge in [-0.25, -0.2) is 4.79 Å². The van der Waals surface area contributed by atoms with Crippen LogP contribution in [0.1, 0.15) is 24.8 Å². The SMILES string of the molecule is O=C(O)[C@H]1CC[C@@H](C(=O)N2CC=C(c3c[nH]c4ccccc34)CC2)O1. The van der Waals surface area contributed by atoms with Crippen LogP contribution in [-0.4, -0.2) is 52.2 Å². The number of H-pyrrole nitrogens is 1. The van der Waals surface area contributed by atoms with Gasteiger partial charge in [0.2, 0.25) is 0 Å². The molecule has 25 heavy (non-hydrogen) atoms. The fourth-order valence-electron chi connectivity index (χ4n) is 3.66. The molecule has 0 saturated carbocycles. The summed E-state index contributed by atoms with van der Waals surface area (Å²) in [6, 6.07) is 8.17. The number of para-hydroxylation sites is 1. The first-order valence-electron chi connectivity index (χ1n) is 8.56. The van der Waals surface area contributed by atoms with Gasteiger partial charge in [-0.2, -0.15) is 0 Å². The summed E-state index contributed by atoms with van der Waals surface area (Å²) in [4.78, 5) is 28.6. The highest BCUT2D eigenvalue weighted by molar-refractivity contribution is 5.93. The van der Waals surface area contributed by atoms with Gasteiger partial charge in [0.05, 0.1) is 0 Å². The number of aromatic nitrogens is 1. The van der Waals surface area contributed by atoms with E-state index in [0.29, 0.717) is 25.9 Å². The van der Waals surface area contributed by atoms with Crippen LogP contribution < -0.4 is 0 Å². The number of benzene rings is 1. The number of carbonyl (C=O) groups is 2. The van der Waals surface area contributed by atoms with Crippen LogP contribution in [0.3, 0.4) is 0 Å². The van der Waals surface area contributed by atoms with Crippen LogP contribution in [0.2, 0.25) is 0 Å². The highest BCUT2D eigenvalue weighted by Gasteiger charge is 2.37. The number of aromatic amines is 1. The first kappa shape index (κ1) is 15.9. The summed E-state index contributed by atoms with van der Waals surface area (Å²) >= 11 is 0. The lowest BCUT2D eigenvalue weighted by Crippen LogP contribution is -2.41. The molecular weight excluding hydrogens is 320 g/mol. The molecule has 0 spiro atoms. The Morgan fingerprint density at radius 1 is 1.20 bits per heavy atom. The van der Waals surface area contributed by atoms with E-state index in [1.807, 2.05) is 24.4 Å². The molecular formula is C19H20N2O4. The van der Waals surface area contributed by atoms with E-state index < -0.39 is 18.2 Å². The molecule has 1 aromatic carbocycles. The van der Waals surface area contributed by atoms with Gasteiger partial charge >= 0.3 is 5.97 Å². The van der Waals surface area contributed by atoms with Crippen molar-refractivity contribution in [1.82, 2.24) is 9.88 Å². The summed E-state index contributed by atoms with van der Waals surface area (Å²) < 4.78 is 5.38. The van der Waals surface area contributed by atoms with Crippen molar-refractivity contribution in [3.8, 4) is 0 Å². The largest absolute Gasteiger partial charge is 0.479 e. The minimum atomic E-state index is -0.990. The van der Waals surface area contributed by atoms with Gasteiger partial charge in [0.15, 0.2) is 6.10 Å². The predicted molar refractivity (Wildman–Crippen MR) is 93.0 cm³/mol. The minimum absolute atomic E-state index is 0.0991. The number of amides is 1. The molecule has 2 aliphatic heterocycles. The second kappa shape index (κ2) is 6.37. The average Bonchev–Trinajstić information content (AvgIpc) is 3.29. The number of hydrogen-bond donors (Lipinski definition) is 2. The van der Waals surface area contributed by atoms with Gasteiger partial charge in [-0.1, -0.05) is 24.3 Å². The molecule has 1 amide bonds. The average molecular weight is 340 g/mol. The molecule has 3 heterocycles. The summed E-state index contributed by atoms with van der Waals surface area (Å²) in [6.45, 7) is 1.16. The maximum atomic E-state index is 12.5. The molecule has 1 saturated heterocycles. The van der Waals surface area contributed by atoms with Crippen LogP contribution in [0, 0.1) is 0 Å². The number of ether oxygens (including phenoxy) is 1. The van der Waals surface area contributed by atoms with Crippen LogP contribution in [-0.2, 0) is 14.3 Å².